The normalized spacial score (nSPS) is 13.9. The Kier molecular flexibility index (Phi) is 7.97. The number of carbonyl (C=O) groups is 2. The first-order chi connectivity index (χ1) is 15.7. The fourth-order valence-electron chi connectivity index (χ4n) is 2.99. The van der Waals surface area contributed by atoms with Gasteiger partial charge in [-0.1, -0.05) is 25.0 Å². The molecule has 0 spiro atoms. The zero-order valence-electron chi connectivity index (χ0n) is 18.1. The summed E-state index contributed by atoms with van der Waals surface area (Å²) < 4.78 is 46.5. The van der Waals surface area contributed by atoms with E-state index in [1.54, 1.807) is 31.2 Å². The summed E-state index contributed by atoms with van der Waals surface area (Å²) in [5, 5.41) is 5.16. The molecule has 0 radical (unpaired) electrons. The van der Waals surface area contributed by atoms with Crippen molar-refractivity contribution in [1.82, 2.24) is 10.6 Å². The summed E-state index contributed by atoms with van der Waals surface area (Å²) in [4.78, 5) is 25.1. The van der Waals surface area contributed by atoms with Crippen LogP contribution in [0.5, 0.6) is 11.5 Å². The highest BCUT2D eigenvalue weighted by Gasteiger charge is 2.31. The van der Waals surface area contributed by atoms with Crippen molar-refractivity contribution in [2.24, 2.45) is 5.92 Å². The molecule has 2 amide bonds. The Labute approximate surface area is 189 Å². The average Bonchev–Trinajstić information content (AvgIpc) is 3.58. The number of hydrogen-bond donors (Lipinski definition) is 2. The van der Waals surface area contributed by atoms with Crippen LogP contribution in [-0.2, 0) is 4.79 Å². The van der Waals surface area contributed by atoms with E-state index in [9.17, 15) is 22.8 Å². The third-order valence-corrected chi connectivity index (χ3v) is 4.86. The topological polar surface area (TPSA) is 76.7 Å². The second kappa shape index (κ2) is 10.9. The molecule has 0 bridgehead atoms. The van der Waals surface area contributed by atoms with Crippen LogP contribution in [0.15, 0.2) is 54.2 Å². The van der Waals surface area contributed by atoms with Crippen molar-refractivity contribution >= 4 is 17.9 Å². The number of amides is 2. The highest BCUT2D eigenvalue weighted by Crippen LogP contribution is 2.32. The summed E-state index contributed by atoms with van der Waals surface area (Å²) in [5.74, 6) is 0.00833. The van der Waals surface area contributed by atoms with Gasteiger partial charge in [0.15, 0.2) is 0 Å². The maximum Gasteiger partial charge on any atom is 0.573 e. The van der Waals surface area contributed by atoms with Crippen LogP contribution in [0.2, 0.25) is 0 Å². The lowest BCUT2D eigenvalue weighted by molar-refractivity contribution is -0.274. The number of nitrogens with one attached hydrogen (secondary N) is 2. The molecule has 2 aromatic rings. The molecule has 0 atom stereocenters. The number of benzene rings is 2. The van der Waals surface area contributed by atoms with E-state index in [-0.39, 0.29) is 11.4 Å². The van der Waals surface area contributed by atoms with Crippen molar-refractivity contribution < 1.29 is 32.2 Å². The number of rotatable bonds is 10. The summed E-state index contributed by atoms with van der Waals surface area (Å²) in [6, 6.07) is 11.5. The minimum absolute atomic E-state index is 0.0453. The van der Waals surface area contributed by atoms with Crippen molar-refractivity contribution in [3.63, 3.8) is 0 Å². The first-order valence-electron chi connectivity index (χ1n) is 10.6. The highest BCUT2D eigenvalue weighted by atomic mass is 19.4. The van der Waals surface area contributed by atoms with E-state index in [1.807, 2.05) is 0 Å². The van der Waals surface area contributed by atoms with Crippen molar-refractivity contribution in [2.45, 2.75) is 32.5 Å². The van der Waals surface area contributed by atoms with Gasteiger partial charge in [-0.05, 0) is 67.3 Å². The number of alkyl halides is 3. The molecule has 0 aromatic heterocycles. The van der Waals surface area contributed by atoms with E-state index < -0.39 is 18.2 Å². The van der Waals surface area contributed by atoms with Crippen molar-refractivity contribution in [1.29, 1.82) is 0 Å². The van der Waals surface area contributed by atoms with Crippen LogP contribution < -0.4 is 20.1 Å². The summed E-state index contributed by atoms with van der Waals surface area (Å²) in [7, 11) is 0. The van der Waals surface area contributed by atoms with Gasteiger partial charge in [-0.15, -0.1) is 13.2 Å². The van der Waals surface area contributed by atoms with Gasteiger partial charge >= 0.3 is 6.36 Å². The van der Waals surface area contributed by atoms with E-state index in [2.05, 4.69) is 15.4 Å². The molecular formula is C24H25F3N2O4. The molecule has 3 rings (SSSR count). The van der Waals surface area contributed by atoms with Gasteiger partial charge in [0, 0.05) is 12.1 Å². The largest absolute Gasteiger partial charge is 0.573 e. The fourth-order valence-corrected chi connectivity index (χ4v) is 2.99. The van der Waals surface area contributed by atoms with Gasteiger partial charge in [0.1, 0.15) is 17.2 Å². The number of ether oxygens (including phenoxy) is 2. The molecule has 1 fully saturated rings. The van der Waals surface area contributed by atoms with Gasteiger partial charge in [0.2, 0.25) is 0 Å². The monoisotopic (exact) mass is 462 g/mol. The van der Waals surface area contributed by atoms with E-state index in [1.165, 1.54) is 31.1 Å². The molecule has 6 nitrogen and oxygen atoms in total. The lowest BCUT2D eigenvalue weighted by Crippen LogP contribution is -2.34. The minimum atomic E-state index is -4.80. The lowest BCUT2D eigenvalue weighted by atomic mass is 10.1. The quantitative estimate of drug-likeness (QED) is 0.503. The zero-order chi connectivity index (χ0) is 23.8. The molecule has 9 heteroatoms. The molecule has 2 N–H and O–H groups in total. The van der Waals surface area contributed by atoms with Crippen molar-refractivity contribution in [3.8, 4) is 11.5 Å². The standard InChI is InChI=1S/C24H25F3N2O4/c1-2-28-23(31)21(15-17-5-9-20(10-6-17)33-24(25,26)27)29-22(30)18-7-11-19(12-8-18)32-14-13-16-3-4-16/h5-12,15-16H,2-4,13-14H2,1H3,(H,28,31)(H,29,30). The van der Waals surface area contributed by atoms with Crippen LogP contribution in [0.3, 0.4) is 0 Å². The van der Waals surface area contributed by atoms with Crippen LogP contribution in [-0.4, -0.2) is 31.3 Å². The molecule has 0 aliphatic heterocycles. The average molecular weight is 462 g/mol. The maximum atomic E-state index is 12.7. The Morgan fingerprint density at radius 2 is 1.67 bits per heavy atom. The fraction of sp³-hybridized carbons (Fsp3) is 0.333. The molecule has 0 heterocycles. The van der Waals surface area contributed by atoms with Gasteiger partial charge in [-0.3, -0.25) is 9.59 Å². The third kappa shape index (κ3) is 8.17. The maximum absolute atomic E-state index is 12.7. The predicted molar refractivity (Wildman–Crippen MR) is 117 cm³/mol. The summed E-state index contributed by atoms with van der Waals surface area (Å²) in [6.45, 7) is 2.69. The molecule has 176 valence electrons. The Morgan fingerprint density at radius 1 is 1.03 bits per heavy atom. The molecule has 1 aliphatic carbocycles. The van der Waals surface area contributed by atoms with Crippen molar-refractivity contribution in [3.05, 3.63) is 65.4 Å². The van der Waals surface area contributed by atoms with Gasteiger partial charge in [-0.2, -0.15) is 0 Å². The molecular weight excluding hydrogens is 437 g/mol. The van der Waals surface area contributed by atoms with Gasteiger partial charge in [0.25, 0.3) is 11.8 Å². The number of halogens is 3. The summed E-state index contributed by atoms with van der Waals surface area (Å²) in [5.41, 5.74) is 0.690. The smallest absolute Gasteiger partial charge is 0.494 e. The first-order valence-corrected chi connectivity index (χ1v) is 10.6. The van der Waals surface area contributed by atoms with Gasteiger partial charge < -0.3 is 20.1 Å². The van der Waals surface area contributed by atoms with Crippen LogP contribution in [0.25, 0.3) is 6.08 Å². The summed E-state index contributed by atoms with van der Waals surface area (Å²) >= 11 is 0. The van der Waals surface area contributed by atoms with Crippen LogP contribution >= 0.6 is 0 Å². The number of hydrogen-bond acceptors (Lipinski definition) is 4. The second-order valence-corrected chi connectivity index (χ2v) is 7.59. The summed E-state index contributed by atoms with van der Waals surface area (Å²) in [6.07, 6.45) is 0.113. The van der Waals surface area contributed by atoms with E-state index >= 15 is 0 Å². The Morgan fingerprint density at radius 3 is 2.24 bits per heavy atom. The molecule has 0 unspecified atom stereocenters. The molecule has 0 saturated heterocycles. The van der Waals surface area contributed by atoms with Crippen LogP contribution in [0, 0.1) is 5.92 Å². The number of carbonyl (C=O) groups excluding carboxylic acids is 2. The predicted octanol–water partition coefficient (Wildman–Crippen LogP) is 4.67. The third-order valence-electron chi connectivity index (χ3n) is 4.86. The Balaban J connectivity index is 1.67. The molecule has 2 aromatic carbocycles. The van der Waals surface area contributed by atoms with E-state index in [4.69, 9.17) is 4.74 Å². The Hall–Kier alpha value is -3.49. The molecule has 33 heavy (non-hydrogen) atoms. The van der Waals surface area contributed by atoms with Crippen molar-refractivity contribution in [2.75, 3.05) is 13.2 Å². The first kappa shape index (κ1) is 24.2. The SMILES string of the molecule is CCNC(=O)C(=Cc1ccc(OC(F)(F)F)cc1)NC(=O)c1ccc(OCCC2CC2)cc1. The van der Waals surface area contributed by atoms with Crippen LogP contribution in [0.1, 0.15) is 42.1 Å². The Bertz CT molecular complexity index is 982. The number of likely N-dealkylation sites (N-methyl/N-ethyl adjacent to an activating group) is 1. The van der Waals surface area contributed by atoms with E-state index in [0.29, 0.717) is 30.0 Å². The van der Waals surface area contributed by atoms with Gasteiger partial charge in [0.05, 0.1) is 6.61 Å². The highest BCUT2D eigenvalue weighted by molar-refractivity contribution is 6.05. The molecule has 1 saturated carbocycles. The lowest BCUT2D eigenvalue weighted by Gasteiger charge is -2.12. The van der Waals surface area contributed by atoms with Gasteiger partial charge in [-0.25, -0.2) is 0 Å². The molecule has 1 aliphatic rings. The second-order valence-electron chi connectivity index (χ2n) is 7.59. The van der Waals surface area contributed by atoms with Crippen LogP contribution in [0.4, 0.5) is 13.2 Å². The zero-order valence-corrected chi connectivity index (χ0v) is 18.1. The minimum Gasteiger partial charge on any atom is -0.494 e. The van der Waals surface area contributed by atoms with E-state index in [0.717, 1.165) is 24.5 Å².